The number of anilines is 1. The van der Waals surface area contributed by atoms with Gasteiger partial charge in [-0.05, 0) is 37.1 Å². The van der Waals surface area contributed by atoms with E-state index in [2.05, 4.69) is 91.2 Å². The molecule has 0 atom stereocenters. The third-order valence-electron chi connectivity index (χ3n) is 4.18. The van der Waals surface area contributed by atoms with Crippen LogP contribution in [0.3, 0.4) is 0 Å². The summed E-state index contributed by atoms with van der Waals surface area (Å²) >= 11 is 0. The lowest BCUT2D eigenvalue weighted by molar-refractivity contribution is -0.697. The molecule has 122 valence electrons. The van der Waals surface area contributed by atoms with Crippen molar-refractivity contribution in [1.82, 2.24) is 0 Å². The van der Waals surface area contributed by atoms with Gasteiger partial charge in [0.15, 0.2) is 12.4 Å². The minimum absolute atomic E-state index is 1.05. The van der Waals surface area contributed by atoms with E-state index < -0.39 is 0 Å². The van der Waals surface area contributed by atoms with Crippen LogP contribution in [0.1, 0.15) is 44.7 Å². The molecule has 0 N–H and O–H groups in total. The Labute approximate surface area is 141 Å². The summed E-state index contributed by atoms with van der Waals surface area (Å²) in [4.78, 5) is 2.36. The van der Waals surface area contributed by atoms with Gasteiger partial charge in [-0.15, -0.1) is 0 Å². The predicted octanol–water partition coefficient (Wildman–Crippen LogP) is 4.79. The SMILES string of the molecule is CCCC[n+]1ccc(/C=C/c2ccc(N(CC)CC)cc2)cc1. The smallest absolute Gasteiger partial charge is 0.169 e. The second kappa shape index (κ2) is 9.14. The highest BCUT2D eigenvalue weighted by atomic mass is 15.1. The van der Waals surface area contributed by atoms with Crippen LogP contribution < -0.4 is 9.47 Å². The molecule has 1 aromatic heterocycles. The summed E-state index contributed by atoms with van der Waals surface area (Å²) in [7, 11) is 0. The Morgan fingerprint density at radius 2 is 1.39 bits per heavy atom. The van der Waals surface area contributed by atoms with Gasteiger partial charge in [0, 0.05) is 37.3 Å². The van der Waals surface area contributed by atoms with Gasteiger partial charge >= 0.3 is 0 Å². The Morgan fingerprint density at radius 1 is 0.826 bits per heavy atom. The molecule has 0 aliphatic rings. The summed E-state index contributed by atoms with van der Waals surface area (Å²) < 4.78 is 2.25. The first-order valence-corrected chi connectivity index (χ1v) is 8.79. The molecule has 2 rings (SSSR count). The first-order valence-electron chi connectivity index (χ1n) is 8.79. The molecule has 2 nitrogen and oxygen atoms in total. The average molecular weight is 309 g/mol. The van der Waals surface area contributed by atoms with Gasteiger partial charge in [-0.3, -0.25) is 0 Å². The van der Waals surface area contributed by atoms with E-state index in [4.69, 9.17) is 0 Å². The van der Waals surface area contributed by atoms with Gasteiger partial charge in [-0.2, -0.15) is 0 Å². The van der Waals surface area contributed by atoms with Crippen LogP contribution in [-0.4, -0.2) is 13.1 Å². The molecular formula is C21H29N2+. The monoisotopic (exact) mass is 309 g/mol. The molecule has 1 heterocycles. The maximum absolute atomic E-state index is 2.36. The second-order valence-corrected chi connectivity index (χ2v) is 5.82. The molecule has 0 radical (unpaired) electrons. The van der Waals surface area contributed by atoms with Crippen molar-refractivity contribution in [2.75, 3.05) is 18.0 Å². The lowest BCUT2D eigenvalue weighted by atomic mass is 10.1. The molecule has 0 spiro atoms. The highest BCUT2D eigenvalue weighted by Crippen LogP contribution is 2.16. The number of hydrogen-bond donors (Lipinski definition) is 0. The van der Waals surface area contributed by atoms with Crippen LogP contribution in [0.4, 0.5) is 5.69 Å². The molecule has 0 aliphatic carbocycles. The fourth-order valence-electron chi connectivity index (χ4n) is 2.65. The molecule has 23 heavy (non-hydrogen) atoms. The average Bonchev–Trinajstić information content (AvgIpc) is 2.61. The molecular weight excluding hydrogens is 280 g/mol. The molecule has 1 aromatic carbocycles. The summed E-state index contributed by atoms with van der Waals surface area (Å²) in [5.41, 5.74) is 3.78. The lowest BCUT2D eigenvalue weighted by Crippen LogP contribution is -2.32. The predicted molar refractivity (Wildman–Crippen MR) is 100 cm³/mol. The third-order valence-corrected chi connectivity index (χ3v) is 4.18. The molecule has 0 aliphatic heterocycles. The summed E-state index contributed by atoms with van der Waals surface area (Å²) in [6.07, 6.45) is 11.2. The van der Waals surface area contributed by atoms with Crippen LogP contribution in [0.15, 0.2) is 48.8 Å². The van der Waals surface area contributed by atoms with E-state index in [9.17, 15) is 0 Å². The van der Waals surface area contributed by atoms with Crippen molar-refractivity contribution < 1.29 is 4.57 Å². The number of hydrogen-bond acceptors (Lipinski definition) is 1. The van der Waals surface area contributed by atoms with Crippen LogP contribution in [0.25, 0.3) is 12.2 Å². The molecule has 0 saturated carbocycles. The standard InChI is InChI=1S/C21H29N2/c1-4-7-16-22-17-14-20(15-18-22)9-8-19-10-12-21(13-11-19)23(5-2)6-3/h8-15,17-18H,4-7,16H2,1-3H3/q+1. The van der Waals surface area contributed by atoms with Crippen molar-refractivity contribution in [3.63, 3.8) is 0 Å². The van der Waals surface area contributed by atoms with E-state index in [1.807, 2.05) is 0 Å². The third kappa shape index (κ3) is 5.24. The minimum atomic E-state index is 1.05. The van der Waals surface area contributed by atoms with Crippen LogP contribution in [-0.2, 0) is 6.54 Å². The Balaban J connectivity index is 1.99. The number of nitrogens with zero attached hydrogens (tertiary/aromatic N) is 2. The fourth-order valence-corrected chi connectivity index (χ4v) is 2.65. The number of aromatic nitrogens is 1. The number of rotatable bonds is 8. The molecule has 2 aromatic rings. The van der Waals surface area contributed by atoms with E-state index >= 15 is 0 Å². The summed E-state index contributed by atoms with van der Waals surface area (Å²) in [6, 6.07) is 13.1. The van der Waals surface area contributed by atoms with Gasteiger partial charge in [0.25, 0.3) is 0 Å². The number of benzene rings is 1. The summed E-state index contributed by atoms with van der Waals surface area (Å²) in [6.45, 7) is 9.82. The van der Waals surface area contributed by atoms with Gasteiger partial charge in [-0.1, -0.05) is 37.6 Å². The normalized spacial score (nSPS) is 11.1. The zero-order valence-electron chi connectivity index (χ0n) is 14.7. The van der Waals surface area contributed by atoms with Crippen molar-refractivity contribution in [3.8, 4) is 0 Å². The Kier molecular flexibility index (Phi) is 6.86. The van der Waals surface area contributed by atoms with E-state index in [0.717, 1.165) is 19.6 Å². The van der Waals surface area contributed by atoms with Gasteiger partial charge in [0.05, 0.1) is 0 Å². The van der Waals surface area contributed by atoms with Crippen molar-refractivity contribution in [2.24, 2.45) is 0 Å². The molecule has 0 unspecified atom stereocenters. The molecule has 0 bridgehead atoms. The molecule has 0 fully saturated rings. The number of unbranched alkanes of at least 4 members (excludes halogenated alkanes) is 1. The zero-order chi connectivity index (χ0) is 16.5. The Bertz CT molecular complexity index is 593. The maximum atomic E-state index is 2.36. The Morgan fingerprint density at radius 3 is 1.91 bits per heavy atom. The Hall–Kier alpha value is -2.09. The van der Waals surface area contributed by atoms with Crippen LogP contribution in [0.2, 0.25) is 0 Å². The fraction of sp³-hybridized carbons (Fsp3) is 0.381. The quantitative estimate of drug-likeness (QED) is 0.636. The van der Waals surface area contributed by atoms with Gasteiger partial charge in [0.2, 0.25) is 0 Å². The van der Waals surface area contributed by atoms with Crippen molar-refractivity contribution in [3.05, 3.63) is 59.9 Å². The van der Waals surface area contributed by atoms with E-state index in [1.54, 1.807) is 0 Å². The van der Waals surface area contributed by atoms with E-state index in [0.29, 0.717) is 0 Å². The largest absolute Gasteiger partial charge is 0.372 e. The second-order valence-electron chi connectivity index (χ2n) is 5.82. The summed E-state index contributed by atoms with van der Waals surface area (Å²) in [5, 5.41) is 0. The number of aryl methyl sites for hydroxylation is 1. The topological polar surface area (TPSA) is 7.12 Å². The highest BCUT2D eigenvalue weighted by molar-refractivity contribution is 5.70. The summed E-state index contributed by atoms with van der Waals surface area (Å²) in [5.74, 6) is 0. The highest BCUT2D eigenvalue weighted by Gasteiger charge is 2.01. The number of pyridine rings is 1. The first-order chi connectivity index (χ1) is 11.3. The van der Waals surface area contributed by atoms with Crippen molar-refractivity contribution in [2.45, 2.75) is 40.2 Å². The first kappa shape index (κ1) is 17.3. The molecule has 0 saturated heterocycles. The van der Waals surface area contributed by atoms with Crippen LogP contribution >= 0.6 is 0 Å². The molecule has 2 heteroatoms. The van der Waals surface area contributed by atoms with E-state index in [-0.39, 0.29) is 0 Å². The van der Waals surface area contributed by atoms with Crippen LogP contribution in [0, 0.1) is 0 Å². The lowest BCUT2D eigenvalue weighted by Gasteiger charge is -2.20. The molecule has 0 amide bonds. The van der Waals surface area contributed by atoms with Gasteiger partial charge in [-0.25, -0.2) is 4.57 Å². The van der Waals surface area contributed by atoms with Gasteiger partial charge in [0.1, 0.15) is 6.54 Å². The van der Waals surface area contributed by atoms with Gasteiger partial charge < -0.3 is 4.90 Å². The van der Waals surface area contributed by atoms with E-state index in [1.165, 1.54) is 29.7 Å². The maximum Gasteiger partial charge on any atom is 0.169 e. The van der Waals surface area contributed by atoms with Crippen molar-refractivity contribution in [1.29, 1.82) is 0 Å². The minimum Gasteiger partial charge on any atom is -0.372 e. The van der Waals surface area contributed by atoms with Crippen molar-refractivity contribution >= 4 is 17.8 Å². The zero-order valence-corrected chi connectivity index (χ0v) is 14.7. The van der Waals surface area contributed by atoms with Crippen LogP contribution in [0.5, 0.6) is 0 Å².